The molecule has 0 aliphatic carbocycles. The third-order valence-corrected chi connectivity index (χ3v) is 12.0. The van der Waals surface area contributed by atoms with Crippen molar-refractivity contribution in [3.05, 3.63) is 47.6 Å². The van der Waals surface area contributed by atoms with E-state index in [1.807, 2.05) is 32.9 Å². The predicted octanol–water partition coefficient (Wildman–Crippen LogP) is 5.51. The molecule has 332 valence electrons. The summed E-state index contributed by atoms with van der Waals surface area (Å²) in [5, 5.41) is 5.41. The Kier molecular flexibility index (Phi) is 37.2. The quantitative estimate of drug-likeness (QED) is 0.0348. The van der Waals surface area contributed by atoms with Gasteiger partial charge in [-0.25, -0.2) is 19.2 Å². The van der Waals surface area contributed by atoms with Gasteiger partial charge in [0.2, 0.25) is 0 Å². The fraction of sp³-hybridized carbons (Fsp3) is 0.700. The Balaban J connectivity index is -0.000000395. The van der Waals surface area contributed by atoms with Crippen molar-refractivity contribution in [2.75, 3.05) is 24.7 Å². The van der Waals surface area contributed by atoms with E-state index in [1.165, 1.54) is 11.1 Å². The van der Waals surface area contributed by atoms with Crippen LogP contribution in [-0.4, -0.2) is 104 Å². The number of ether oxygens (including phenoxy) is 4. The summed E-state index contributed by atoms with van der Waals surface area (Å²) in [6, 6.07) is -1.55. The molecule has 0 saturated carbocycles. The Hall–Kier alpha value is -0.794. The monoisotopic (exact) mass is 970 g/mol. The molecule has 0 aliphatic rings. The molecular formula is C40H71KN2O11S3Se. The number of nitrogens with one attached hydrogen (secondary N) is 2. The van der Waals surface area contributed by atoms with E-state index >= 15 is 0 Å². The molecule has 0 spiro atoms. The van der Waals surface area contributed by atoms with Gasteiger partial charge in [0.05, 0.1) is 13.2 Å². The molecule has 0 fully saturated rings. The second-order valence-electron chi connectivity index (χ2n) is 15.3. The summed E-state index contributed by atoms with van der Waals surface area (Å²) in [6.07, 6.45) is 10.5. The van der Waals surface area contributed by atoms with Crippen molar-refractivity contribution in [1.82, 2.24) is 10.6 Å². The van der Waals surface area contributed by atoms with Crippen LogP contribution < -0.4 is 62.0 Å². The minimum absolute atomic E-state index is 0. The van der Waals surface area contributed by atoms with Crippen LogP contribution in [0, 0.1) is 0 Å². The third kappa shape index (κ3) is 41.9. The van der Waals surface area contributed by atoms with Crippen LogP contribution >= 0.6 is 24.4 Å². The molecule has 2 amide bonds. The number of thioether (sulfide) groups is 1. The van der Waals surface area contributed by atoms with E-state index in [4.69, 9.17) is 18.9 Å². The normalized spacial score (nSPS) is 13.3. The van der Waals surface area contributed by atoms with Gasteiger partial charge in [-0.1, -0.05) is 17.7 Å². The zero-order valence-corrected chi connectivity index (χ0v) is 45.1. The Labute approximate surface area is 408 Å². The van der Waals surface area contributed by atoms with Gasteiger partial charge >= 0.3 is 173 Å². The molecule has 0 saturated heterocycles. The van der Waals surface area contributed by atoms with E-state index in [2.05, 4.69) is 62.8 Å². The molecule has 0 radical (unpaired) electrons. The van der Waals surface area contributed by atoms with Gasteiger partial charge in [-0.15, -0.1) is 18.3 Å². The molecule has 0 rings (SSSR count). The molecule has 0 heterocycles. The first-order chi connectivity index (χ1) is 26.0. The standard InChI is InChI=1S/C20H35NO4S.C10H19NO4S.C10H18O3SSe.K/c1-9-20(8,13-11-12-15(3)4)26-14-16(17(22)24-10-2)21-18(23)25-19(5,6)7;1-5-14-8(12)7(6-16)11-9(13)15-10(2,3)4;1-9(2)5-4-6-10(3)7-8-15-14(11,12)13;/h9,12,16H,1,10-11,13-14H2,2-8H3,(H,21,23);7,16H,5-6H2,1-4H3,(H,11,13);5,7H,4,6,8H2,1-3H3,(H,11,12,13);/q;;;+1/p-1/b;;10-7+;/t16-,20?;7-;;/m00../s1. The van der Waals surface area contributed by atoms with Crippen LogP contribution in [0.5, 0.6) is 0 Å². The van der Waals surface area contributed by atoms with Gasteiger partial charge in [-0.2, -0.15) is 12.6 Å². The van der Waals surface area contributed by atoms with E-state index in [0.29, 0.717) is 11.1 Å². The second kappa shape index (κ2) is 33.8. The molecule has 0 aromatic carbocycles. The number of hydrogen-bond donors (Lipinski definition) is 3. The summed E-state index contributed by atoms with van der Waals surface area (Å²) in [6.45, 7) is 30.7. The van der Waals surface area contributed by atoms with Crippen LogP contribution in [0.4, 0.5) is 9.59 Å². The summed E-state index contributed by atoms with van der Waals surface area (Å²) in [5.74, 6) is -0.419. The molecule has 0 aromatic rings. The van der Waals surface area contributed by atoms with Crippen LogP contribution in [0.15, 0.2) is 47.6 Å². The van der Waals surface area contributed by atoms with Crippen molar-refractivity contribution in [3.63, 3.8) is 0 Å². The summed E-state index contributed by atoms with van der Waals surface area (Å²) >= 11 is 4.70. The van der Waals surface area contributed by atoms with Crippen molar-refractivity contribution < 1.29 is 102 Å². The van der Waals surface area contributed by atoms with Crippen LogP contribution in [0.2, 0.25) is 5.32 Å². The molecule has 0 aliphatic heterocycles. The maximum absolute atomic E-state index is 12.2. The first-order valence-corrected chi connectivity index (χ1v) is 25.0. The predicted molar refractivity (Wildman–Crippen MR) is 236 cm³/mol. The third-order valence-electron chi connectivity index (χ3n) is 6.65. The number of alkyl carbamates (subject to hydrolysis) is 2. The maximum atomic E-state index is 12.2. The topological polar surface area (TPSA) is 186 Å². The number of carbonyl (C=O) groups excluding carboxylic acids is 4. The van der Waals surface area contributed by atoms with Crippen LogP contribution in [-0.2, 0) is 37.1 Å². The molecule has 13 nitrogen and oxygen atoms in total. The van der Waals surface area contributed by atoms with Crippen molar-refractivity contribution in [1.29, 1.82) is 0 Å². The first-order valence-electron chi connectivity index (χ1n) is 18.8. The number of carbonyl (C=O) groups is 4. The number of allylic oxidation sites excluding steroid dienone is 6. The Morgan fingerprint density at radius 1 is 0.793 bits per heavy atom. The first kappa shape index (κ1) is 63.8. The number of rotatable bonds is 20. The average Bonchev–Trinajstić information content (AvgIpc) is 3.03. The number of amides is 2. The van der Waals surface area contributed by atoms with E-state index in [9.17, 15) is 32.1 Å². The van der Waals surface area contributed by atoms with Gasteiger partial charge in [0.1, 0.15) is 23.3 Å². The smallest absolute Gasteiger partial charge is 0.464 e. The molecule has 18 heteroatoms. The molecule has 1 unspecified atom stereocenters. The Bertz CT molecular complexity index is 1440. The fourth-order valence-electron chi connectivity index (χ4n) is 3.84. The van der Waals surface area contributed by atoms with Crippen molar-refractivity contribution in [2.45, 2.75) is 156 Å². The molecule has 2 N–H and O–H groups in total. The molecule has 3 atom stereocenters. The maximum Gasteiger partial charge on any atom is 1.00 e. The van der Waals surface area contributed by atoms with Gasteiger partial charge in [-0.3, -0.25) is 0 Å². The van der Waals surface area contributed by atoms with Gasteiger partial charge in [0.15, 0.2) is 0 Å². The summed E-state index contributed by atoms with van der Waals surface area (Å²) < 4.78 is 51.0. The largest absolute Gasteiger partial charge is 1.00 e. The summed E-state index contributed by atoms with van der Waals surface area (Å²) in [4.78, 5) is 46.9. The number of esters is 2. The molecule has 58 heavy (non-hydrogen) atoms. The van der Waals surface area contributed by atoms with Crippen molar-refractivity contribution in [2.24, 2.45) is 0 Å². The average molecular weight is 970 g/mol. The van der Waals surface area contributed by atoms with Gasteiger partial charge < -0.3 is 29.6 Å². The number of thiol groups is 1. The summed E-state index contributed by atoms with van der Waals surface area (Å²) in [7, 11) is -4.00. The van der Waals surface area contributed by atoms with Gasteiger partial charge in [-0.05, 0) is 89.0 Å². The zero-order chi connectivity index (χ0) is 45.0. The Morgan fingerprint density at radius 2 is 1.22 bits per heavy atom. The van der Waals surface area contributed by atoms with E-state index in [-0.39, 0.29) is 75.1 Å². The van der Waals surface area contributed by atoms with Crippen LogP contribution in [0.3, 0.4) is 0 Å². The fourth-order valence-corrected chi connectivity index (χ4v) is 7.53. The minimum atomic E-state index is -4.00. The van der Waals surface area contributed by atoms with Crippen molar-refractivity contribution >= 4 is 70.9 Å². The Morgan fingerprint density at radius 3 is 1.60 bits per heavy atom. The second-order valence-corrected chi connectivity index (χ2v) is 23.0. The summed E-state index contributed by atoms with van der Waals surface area (Å²) in [5.41, 5.74) is 2.49. The SMILES string of the molecule is C=CC(C)(CCC=C(C)C)SC[C@H](NC(=O)OC(C)(C)C)C(=O)OCC.CC(C)=CCC/C(C)=C/C[Se]S(=O)(=O)[O-].CCOC(=O)[C@H](CS)NC(=O)OC(C)(C)C.[K+]. The van der Waals surface area contributed by atoms with Crippen molar-refractivity contribution in [3.8, 4) is 0 Å². The van der Waals surface area contributed by atoms with Gasteiger partial charge in [0.25, 0.3) is 0 Å². The van der Waals surface area contributed by atoms with Crippen LogP contribution in [0.25, 0.3) is 0 Å². The van der Waals surface area contributed by atoms with E-state index < -0.39 is 69.8 Å². The van der Waals surface area contributed by atoms with E-state index in [1.54, 1.807) is 67.2 Å². The molecular weight excluding hydrogens is 899 g/mol. The minimum Gasteiger partial charge on any atom is -0.464 e. The van der Waals surface area contributed by atoms with Gasteiger partial charge in [0, 0.05) is 16.3 Å². The zero-order valence-electron chi connectivity index (χ0n) is 37.7. The van der Waals surface area contributed by atoms with E-state index in [0.717, 1.165) is 31.3 Å². The molecule has 0 aromatic heterocycles. The molecule has 0 bridgehead atoms. The van der Waals surface area contributed by atoms with Crippen LogP contribution in [0.1, 0.15) is 123 Å². The number of hydrogen-bond acceptors (Lipinski definition) is 13.